The van der Waals surface area contributed by atoms with E-state index in [1.807, 2.05) is 0 Å². The third-order valence-electron chi connectivity index (χ3n) is 2.54. The number of ether oxygens (including phenoxy) is 1. The molecule has 1 amide bonds. The van der Waals surface area contributed by atoms with E-state index in [-0.39, 0.29) is 11.9 Å². The number of hydrogen-bond acceptors (Lipinski definition) is 3. The fraction of sp³-hybridized carbons (Fsp3) is 0.818. The van der Waals surface area contributed by atoms with Crippen molar-refractivity contribution in [3.8, 4) is 0 Å². The van der Waals surface area contributed by atoms with E-state index < -0.39 is 0 Å². The monoisotopic (exact) mass is 213 g/mol. The topological polar surface area (TPSA) is 46.6 Å². The first-order chi connectivity index (χ1) is 7.13. The highest BCUT2D eigenvalue weighted by atomic mass is 16.5. The van der Waals surface area contributed by atoms with Gasteiger partial charge in [0.2, 0.25) is 5.91 Å². The second kappa shape index (κ2) is 5.73. The Labute approximate surface area is 90.6 Å². The summed E-state index contributed by atoms with van der Waals surface area (Å²) < 4.78 is 4.79. The van der Waals surface area contributed by atoms with Crippen LogP contribution in [0.25, 0.3) is 0 Å². The number of amides is 1. The van der Waals surface area contributed by atoms with Crippen molar-refractivity contribution in [3.63, 3.8) is 0 Å². The van der Waals surface area contributed by atoms with Crippen LogP contribution in [0.2, 0.25) is 0 Å². The Bertz CT molecular complexity index is 236. The lowest BCUT2D eigenvalue weighted by Gasteiger charge is -2.16. The summed E-state index contributed by atoms with van der Waals surface area (Å²) in [5.41, 5.74) is 0. The molecule has 0 aromatic heterocycles. The van der Waals surface area contributed by atoms with Gasteiger partial charge in [-0.05, 0) is 25.7 Å². The SMILES string of the molecule is CCOC(=O)CCN(C)C(=O)CC1CC1. The molecule has 0 aromatic carbocycles. The summed E-state index contributed by atoms with van der Waals surface area (Å²) in [6.07, 6.45) is 3.29. The zero-order valence-corrected chi connectivity index (χ0v) is 9.49. The molecule has 0 aliphatic heterocycles. The molecule has 0 unspecified atom stereocenters. The van der Waals surface area contributed by atoms with Gasteiger partial charge in [-0.2, -0.15) is 0 Å². The number of carbonyl (C=O) groups excluding carboxylic acids is 2. The molecule has 4 heteroatoms. The largest absolute Gasteiger partial charge is 0.466 e. The zero-order valence-electron chi connectivity index (χ0n) is 9.49. The summed E-state index contributed by atoms with van der Waals surface area (Å²) in [4.78, 5) is 24.2. The lowest BCUT2D eigenvalue weighted by atomic mass is 10.2. The quantitative estimate of drug-likeness (QED) is 0.623. The van der Waals surface area contributed by atoms with Crippen molar-refractivity contribution in [2.24, 2.45) is 5.92 Å². The van der Waals surface area contributed by atoms with Crippen molar-refractivity contribution in [1.29, 1.82) is 0 Å². The van der Waals surface area contributed by atoms with Crippen LogP contribution in [0.5, 0.6) is 0 Å². The minimum Gasteiger partial charge on any atom is -0.466 e. The van der Waals surface area contributed by atoms with E-state index in [0.29, 0.717) is 31.9 Å². The summed E-state index contributed by atoms with van der Waals surface area (Å²) in [6.45, 7) is 2.64. The van der Waals surface area contributed by atoms with Gasteiger partial charge < -0.3 is 9.64 Å². The lowest BCUT2D eigenvalue weighted by Crippen LogP contribution is -2.29. The molecule has 0 N–H and O–H groups in total. The lowest BCUT2D eigenvalue weighted by molar-refractivity contribution is -0.143. The van der Waals surface area contributed by atoms with Crippen LogP contribution in [0.1, 0.15) is 32.6 Å². The van der Waals surface area contributed by atoms with Crippen molar-refractivity contribution >= 4 is 11.9 Å². The first-order valence-electron chi connectivity index (χ1n) is 5.53. The summed E-state index contributed by atoms with van der Waals surface area (Å²) in [7, 11) is 1.74. The van der Waals surface area contributed by atoms with Gasteiger partial charge in [0.25, 0.3) is 0 Å². The van der Waals surface area contributed by atoms with Crippen LogP contribution in [0.4, 0.5) is 0 Å². The van der Waals surface area contributed by atoms with Gasteiger partial charge in [0.15, 0.2) is 0 Å². The minimum absolute atomic E-state index is 0.141. The van der Waals surface area contributed by atoms with Gasteiger partial charge in [-0.3, -0.25) is 9.59 Å². The maximum Gasteiger partial charge on any atom is 0.307 e. The van der Waals surface area contributed by atoms with Crippen molar-refractivity contribution in [2.45, 2.75) is 32.6 Å². The smallest absolute Gasteiger partial charge is 0.307 e. The Morgan fingerprint density at radius 1 is 1.40 bits per heavy atom. The summed E-state index contributed by atoms with van der Waals surface area (Å²) >= 11 is 0. The Morgan fingerprint density at radius 3 is 2.60 bits per heavy atom. The van der Waals surface area contributed by atoms with Gasteiger partial charge in [0, 0.05) is 20.0 Å². The number of rotatable bonds is 6. The average Bonchev–Trinajstić information content (AvgIpc) is 2.98. The van der Waals surface area contributed by atoms with Crippen molar-refractivity contribution in [1.82, 2.24) is 4.90 Å². The van der Waals surface area contributed by atoms with Crippen LogP contribution in [-0.4, -0.2) is 37.0 Å². The number of hydrogen-bond donors (Lipinski definition) is 0. The second-order valence-electron chi connectivity index (χ2n) is 4.02. The van der Waals surface area contributed by atoms with E-state index in [4.69, 9.17) is 4.74 Å². The third kappa shape index (κ3) is 4.81. The van der Waals surface area contributed by atoms with E-state index in [1.54, 1.807) is 18.9 Å². The summed E-state index contributed by atoms with van der Waals surface area (Å²) in [5.74, 6) is 0.507. The van der Waals surface area contributed by atoms with Gasteiger partial charge in [-0.25, -0.2) is 0 Å². The van der Waals surface area contributed by atoms with Crippen LogP contribution in [-0.2, 0) is 14.3 Å². The standard InChI is InChI=1S/C11H19NO3/c1-3-15-11(14)6-7-12(2)10(13)8-9-4-5-9/h9H,3-8H2,1-2H3. The molecule has 1 aliphatic carbocycles. The average molecular weight is 213 g/mol. The van der Waals surface area contributed by atoms with Crippen LogP contribution in [0.3, 0.4) is 0 Å². The van der Waals surface area contributed by atoms with Crippen molar-refractivity contribution < 1.29 is 14.3 Å². The fourth-order valence-corrected chi connectivity index (χ4v) is 1.34. The van der Waals surface area contributed by atoms with Crippen LogP contribution < -0.4 is 0 Å². The molecule has 1 saturated carbocycles. The van der Waals surface area contributed by atoms with Crippen LogP contribution in [0.15, 0.2) is 0 Å². The predicted octanol–water partition coefficient (Wildman–Crippen LogP) is 1.20. The molecule has 15 heavy (non-hydrogen) atoms. The first-order valence-corrected chi connectivity index (χ1v) is 5.53. The highest BCUT2D eigenvalue weighted by Gasteiger charge is 2.25. The maximum absolute atomic E-state index is 11.5. The maximum atomic E-state index is 11.5. The molecule has 0 saturated heterocycles. The Hall–Kier alpha value is -1.06. The van der Waals surface area contributed by atoms with Gasteiger partial charge >= 0.3 is 5.97 Å². The molecule has 0 aromatic rings. The van der Waals surface area contributed by atoms with Crippen LogP contribution >= 0.6 is 0 Å². The summed E-state index contributed by atoms with van der Waals surface area (Å²) in [5, 5.41) is 0. The van der Waals surface area contributed by atoms with E-state index in [0.717, 1.165) is 0 Å². The summed E-state index contributed by atoms with van der Waals surface area (Å²) in [6, 6.07) is 0. The molecule has 0 radical (unpaired) electrons. The van der Waals surface area contributed by atoms with Gasteiger partial charge in [-0.15, -0.1) is 0 Å². The second-order valence-corrected chi connectivity index (χ2v) is 4.02. The minimum atomic E-state index is -0.233. The third-order valence-corrected chi connectivity index (χ3v) is 2.54. The first kappa shape index (κ1) is 12.0. The Kier molecular flexibility index (Phi) is 4.59. The number of carbonyl (C=O) groups is 2. The molecule has 86 valence electrons. The van der Waals surface area contributed by atoms with Crippen molar-refractivity contribution in [3.05, 3.63) is 0 Å². The normalized spacial score (nSPS) is 14.8. The van der Waals surface area contributed by atoms with E-state index >= 15 is 0 Å². The number of esters is 1. The van der Waals surface area contributed by atoms with Crippen molar-refractivity contribution in [2.75, 3.05) is 20.2 Å². The molecule has 0 atom stereocenters. The van der Waals surface area contributed by atoms with Gasteiger partial charge in [0.05, 0.1) is 13.0 Å². The molecule has 1 fully saturated rings. The Balaban J connectivity index is 2.13. The molecular weight excluding hydrogens is 194 g/mol. The highest BCUT2D eigenvalue weighted by molar-refractivity contribution is 5.77. The molecule has 0 heterocycles. The van der Waals surface area contributed by atoms with Gasteiger partial charge in [-0.1, -0.05) is 0 Å². The van der Waals surface area contributed by atoms with E-state index in [2.05, 4.69) is 0 Å². The molecule has 0 spiro atoms. The molecule has 1 rings (SSSR count). The molecule has 1 aliphatic rings. The predicted molar refractivity (Wildman–Crippen MR) is 56.2 cm³/mol. The molecular formula is C11H19NO3. The van der Waals surface area contributed by atoms with Gasteiger partial charge in [0.1, 0.15) is 0 Å². The highest BCUT2D eigenvalue weighted by Crippen LogP contribution is 2.32. The van der Waals surface area contributed by atoms with Crippen LogP contribution in [0, 0.1) is 5.92 Å². The Morgan fingerprint density at radius 2 is 2.07 bits per heavy atom. The number of nitrogens with zero attached hydrogens (tertiary/aromatic N) is 1. The molecule has 0 bridgehead atoms. The zero-order chi connectivity index (χ0) is 11.3. The van der Waals surface area contributed by atoms with E-state index in [9.17, 15) is 9.59 Å². The molecule has 4 nitrogen and oxygen atoms in total. The fourth-order valence-electron chi connectivity index (χ4n) is 1.34. The van der Waals surface area contributed by atoms with E-state index in [1.165, 1.54) is 12.8 Å².